The molecular formula is C13H14N2O4. The molecule has 1 aromatic carbocycles. The van der Waals surface area contributed by atoms with Crippen molar-refractivity contribution in [2.45, 2.75) is 13.0 Å². The van der Waals surface area contributed by atoms with Crippen molar-refractivity contribution in [3.63, 3.8) is 0 Å². The number of aliphatic carboxylic acids is 1. The van der Waals surface area contributed by atoms with Gasteiger partial charge >= 0.3 is 5.97 Å². The molecule has 100 valence electrons. The van der Waals surface area contributed by atoms with Gasteiger partial charge in [0.15, 0.2) is 0 Å². The number of nitrogens with two attached hydrogens (primary N) is 1. The van der Waals surface area contributed by atoms with Gasteiger partial charge in [-0.05, 0) is 17.7 Å². The number of ether oxygens (including phenoxy) is 1. The van der Waals surface area contributed by atoms with E-state index in [1.165, 1.54) is 4.90 Å². The predicted octanol–water partition coefficient (Wildman–Crippen LogP) is 0.682. The van der Waals surface area contributed by atoms with E-state index in [1.807, 2.05) is 0 Å². The normalized spacial score (nSPS) is 15.0. The van der Waals surface area contributed by atoms with E-state index in [1.54, 1.807) is 31.4 Å². The van der Waals surface area contributed by atoms with E-state index in [-0.39, 0.29) is 30.3 Å². The third-order valence-corrected chi connectivity index (χ3v) is 2.99. The summed E-state index contributed by atoms with van der Waals surface area (Å²) >= 11 is 0. The Morgan fingerprint density at radius 3 is 2.53 bits per heavy atom. The van der Waals surface area contributed by atoms with Crippen molar-refractivity contribution in [3.8, 4) is 5.75 Å². The van der Waals surface area contributed by atoms with E-state index >= 15 is 0 Å². The zero-order valence-corrected chi connectivity index (χ0v) is 10.4. The first-order chi connectivity index (χ1) is 9.02. The molecule has 6 nitrogen and oxygen atoms in total. The zero-order valence-electron chi connectivity index (χ0n) is 10.4. The van der Waals surface area contributed by atoms with Crippen LogP contribution in [0.25, 0.3) is 0 Å². The quantitative estimate of drug-likeness (QED) is 0.832. The molecule has 19 heavy (non-hydrogen) atoms. The van der Waals surface area contributed by atoms with Crippen LogP contribution in [0.15, 0.2) is 35.7 Å². The predicted molar refractivity (Wildman–Crippen MR) is 67.0 cm³/mol. The summed E-state index contributed by atoms with van der Waals surface area (Å²) in [5, 5.41) is 8.92. The topological polar surface area (TPSA) is 92.9 Å². The lowest BCUT2D eigenvalue weighted by molar-refractivity contribution is -0.134. The Balaban J connectivity index is 2.18. The zero-order chi connectivity index (χ0) is 14.0. The molecule has 1 aromatic rings. The second kappa shape index (κ2) is 5.01. The van der Waals surface area contributed by atoms with E-state index in [4.69, 9.17) is 15.6 Å². The molecule has 0 saturated carbocycles. The molecule has 1 heterocycles. The van der Waals surface area contributed by atoms with Gasteiger partial charge in [0, 0.05) is 0 Å². The lowest BCUT2D eigenvalue weighted by atomic mass is 10.2. The van der Waals surface area contributed by atoms with Gasteiger partial charge in [-0.15, -0.1) is 0 Å². The number of hydrogen-bond donors (Lipinski definition) is 2. The number of methoxy groups -OCH3 is 1. The smallest absolute Gasteiger partial charge is 0.335 e. The highest BCUT2D eigenvalue weighted by molar-refractivity contribution is 5.98. The van der Waals surface area contributed by atoms with Gasteiger partial charge in [0.2, 0.25) is 5.91 Å². The first kappa shape index (κ1) is 12.9. The standard InChI is InChI=1S/C13H14N2O4/c1-19-9-4-2-8(3-5-9)7-15-11(16)6-10(12(15)14)13(17)18/h2-5H,6-7,14H2,1H3,(H,17,18). The maximum Gasteiger partial charge on any atom is 0.335 e. The van der Waals surface area contributed by atoms with Crippen molar-refractivity contribution >= 4 is 11.9 Å². The first-order valence-corrected chi connectivity index (χ1v) is 5.68. The fourth-order valence-corrected chi connectivity index (χ4v) is 1.91. The second-order valence-electron chi connectivity index (χ2n) is 4.17. The Labute approximate surface area is 110 Å². The summed E-state index contributed by atoms with van der Waals surface area (Å²) in [6.45, 7) is 0.255. The number of carboxylic acids is 1. The molecule has 6 heteroatoms. The van der Waals surface area contributed by atoms with Crippen LogP contribution in [0.2, 0.25) is 0 Å². The minimum absolute atomic E-state index is 0.0216. The van der Waals surface area contributed by atoms with Crippen LogP contribution in [0.5, 0.6) is 5.75 Å². The number of carbonyl (C=O) groups excluding carboxylic acids is 1. The third kappa shape index (κ3) is 2.52. The van der Waals surface area contributed by atoms with E-state index in [9.17, 15) is 9.59 Å². The summed E-state index contributed by atoms with van der Waals surface area (Å²) in [4.78, 5) is 23.9. The minimum atomic E-state index is -1.15. The molecule has 1 aliphatic rings. The molecule has 0 atom stereocenters. The Kier molecular flexibility index (Phi) is 3.41. The Hall–Kier alpha value is -2.50. The van der Waals surface area contributed by atoms with Crippen LogP contribution >= 0.6 is 0 Å². The van der Waals surface area contributed by atoms with Crippen LogP contribution in [-0.2, 0) is 16.1 Å². The molecule has 0 bridgehead atoms. The summed E-state index contributed by atoms with van der Waals surface area (Å²) in [6.07, 6.45) is -0.155. The van der Waals surface area contributed by atoms with Crippen LogP contribution < -0.4 is 10.5 Å². The summed E-state index contributed by atoms with van der Waals surface area (Å²) in [5.41, 5.74) is 6.51. The molecule has 0 aromatic heterocycles. The molecule has 1 amide bonds. The molecule has 0 saturated heterocycles. The fraction of sp³-hybridized carbons (Fsp3) is 0.231. The molecule has 0 aliphatic carbocycles. The van der Waals surface area contributed by atoms with Gasteiger partial charge in [-0.1, -0.05) is 12.1 Å². The molecule has 1 aliphatic heterocycles. The average molecular weight is 262 g/mol. The lowest BCUT2D eigenvalue weighted by Gasteiger charge is -2.17. The van der Waals surface area contributed by atoms with Crippen molar-refractivity contribution in [3.05, 3.63) is 41.2 Å². The highest BCUT2D eigenvalue weighted by Gasteiger charge is 2.31. The summed E-state index contributed by atoms with van der Waals surface area (Å²) < 4.78 is 5.04. The summed E-state index contributed by atoms with van der Waals surface area (Å²) in [6, 6.07) is 7.15. The van der Waals surface area contributed by atoms with Gasteiger partial charge in [-0.3, -0.25) is 9.69 Å². The average Bonchev–Trinajstić information content (AvgIpc) is 2.68. The monoisotopic (exact) mass is 262 g/mol. The Morgan fingerprint density at radius 2 is 2.05 bits per heavy atom. The first-order valence-electron chi connectivity index (χ1n) is 5.68. The summed E-state index contributed by atoms with van der Waals surface area (Å²) in [7, 11) is 1.57. The van der Waals surface area contributed by atoms with Crippen LogP contribution in [0.1, 0.15) is 12.0 Å². The number of rotatable bonds is 4. The number of nitrogens with zero attached hydrogens (tertiary/aromatic N) is 1. The van der Waals surface area contributed by atoms with Crippen LogP contribution in [0.4, 0.5) is 0 Å². The van der Waals surface area contributed by atoms with Gasteiger partial charge in [0.1, 0.15) is 11.6 Å². The summed E-state index contributed by atoms with van der Waals surface area (Å²) in [5.74, 6) is -0.714. The van der Waals surface area contributed by atoms with Crippen molar-refractivity contribution in [1.29, 1.82) is 0 Å². The second-order valence-corrected chi connectivity index (χ2v) is 4.17. The largest absolute Gasteiger partial charge is 0.497 e. The van der Waals surface area contributed by atoms with Gasteiger partial charge in [0.05, 0.1) is 25.6 Å². The van der Waals surface area contributed by atoms with Gasteiger partial charge in [-0.2, -0.15) is 0 Å². The van der Waals surface area contributed by atoms with Crippen molar-refractivity contribution in [2.75, 3.05) is 7.11 Å². The molecule has 0 fully saturated rings. The van der Waals surface area contributed by atoms with Crippen LogP contribution in [-0.4, -0.2) is 29.0 Å². The van der Waals surface area contributed by atoms with Gasteiger partial charge < -0.3 is 15.6 Å². The molecular weight excluding hydrogens is 248 g/mol. The number of amides is 1. The molecule has 0 spiro atoms. The van der Waals surface area contributed by atoms with Crippen LogP contribution in [0, 0.1) is 0 Å². The number of benzene rings is 1. The molecule has 0 radical (unpaired) electrons. The molecule has 2 rings (SSSR count). The van der Waals surface area contributed by atoms with Crippen molar-refractivity contribution in [1.82, 2.24) is 4.90 Å². The highest BCUT2D eigenvalue weighted by atomic mass is 16.5. The highest BCUT2D eigenvalue weighted by Crippen LogP contribution is 2.23. The number of carboxylic acid groups (broad SMARTS) is 1. The Morgan fingerprint density at radius 1 is 1.42 bits per heavy atom. The van der Waals surface area contributed by atoms with E-state index < -0.39 is 5.97 Å². The van der Waals surface area contributed by atoms with Crippen molar-refractivity contribution < 1.29 is 19.4 Å². The van der Waals surface area contributed by atoms with Gasteiger partial charge in [0.25, 0.3) is 0 Å². The Bertz CT molecular complexity index is 548. The minimum Gasteiger partial charge on any atom is -0.497 e. The lowest BCUT2D eigenvalue weighted by Crippen LogP contribution is -2.28. The fourth-order valence-electron chi connectivity index (χ4n) is 1.91. The number of hydrogen-bond acceptors (Lipinski definition) is 4. The number of carbonyl (C=O) groups is 2. The van der Waals surface area contributed by atoms with Crippen molar-refractivity contribution in [2.24, 2.45) is 5.73 Å². The molecule has 0 unspecified atom stereocenters. The SMILES string of the molecule is COc1ccc(CN2C(=O)CC(C(=O)O)=C2N)cc1. The van der Waals surface area contributed by atoms with Crippen LogP contribution in [0.3, 0.4) is 0 Å². The van der Waals surface area contributed by atoms with E-state index in [0.29, 0.717) is 5.75 Å². The third-order valence-electron chi connectivity index (χ3n) is 2.99. The molecule has 3 N–H and O–H groups in total. The van der Waals surface area contributed by atoms with E-state index in [2.05, 4.69) is 0 Å². The van der Waals surface area contributed by atoms with Gasteiger partial charge in [-0.25, -0.2) is 4.79 Å². The van der Waals surface area contributed by atoms with E-state index in [0.717, 1.165) is 5.56 Å². The maximum atomic E-state index is 11.7. The maximum absolute atomic E-state index is 11.7.